The molecule has 0 heteroatoms. The third-order valence-corrected chi connectivity index (χ3v) is 5.40. The van der Waals surface area contributed by atoms with Gasteiger partial charge < -0.3 is 0 Å². The lowest BCUT2D eigenvalue weighted by molar-refractivity contribution is 0.230. The van der Waals surface area contributed by atoms with E-state index in [0.717, 1.165) is 5.92 Å². The molecule has 0 radical (unpaired) electrons. The first-order valence-corrected chi connectivity index (χ1v) is 7.04. The molecule has 1 rings (SSSR count). The van der Waals surface area contributed by atoms with E-state index in [4.69, 9.17) is 0 Å². The van der Waals surface area contributed by atoms with E-state index in [0.29, 0.717) is 17.3 Å². The molecule has 0 aromatic rings. The van der Waals surface area contributed by atoms with Crippen LogP contribution in [0, 0.1) is 23.2 Å². The molecule has 0 aromatic carbocycles. The van der Waals surface area contributed by atoms with Crippen molar-refractivity contribution in [2.75, 3.05) is 0 Å². The second kappa shape index (κ2) is 5.00. The van der Waals surface area contributed by atoms with E-state index < -0.39 is 0 Å². The van der Waals surface area contributed by atoms with Crippen LogP contribution in [-0.2, 0) is 0 Å². The molecule has 98 valence electrons. The fourth-order valence-electron chi connectivity index (χ4n) is 3.10. The van der Waals surface area contributed by atoms with Gasteiger partial charge in [0.15, 0.2) is 0 Å². The number of hydrogen-bond donors (Lipinski definition) is 0. The summed E-state index contributed by atoms with van der Waals surface area (Å²) in [6.07, 6.45) is 3.70. The third kappa shape index (κ3) is 2.67. The second-order valence-electron chi connectivity index (χ2n) is 6.76. The Labute approximate surface area is 108 Å². The van der Waals surface area contributed by atoms with E-state index in [-0.39, 0.29) is 0 Å². The van der Waals surface area contributed by atoms with E-state index in [2.05, 4.69) is 61.5 Å². The van der Waals surface area contributed by atoms with E-state index in [1.165, 1.54) is 6.42 Å². The summed E-state index contributed by atoms with van der Waals surface area (Å²) in [5.41, 5.74) is 5.14. The molecule has 2 unspecified atom stereocenters. The van der Waals surface area contributed by atoms with E-state index in [1.54, 1.807) is 16.7 Å². The molecule has 0 aliphatic heterocycles. The van der Waals surface area contributed by atoms with Gasteiger partial charge >= 0.3 is 0 Å². The molecule has 1 aliphatic carbocycles. The Morgan fingerprint density at radius 3 is 2.06 bits per heavy atom. The number of allylic oxidation sites excluding steroid dienone is 4. The summed E-state index contributed by atoms with van der Waals surface area (Å²) in [6, 6.07) is 0. The average molecular weight is 234 g/mol. The van der Waals surface area contributed by atoms with Crippen LogP contribution in [0.1, 0.15) is 61.8 Å². The summed E-state index contributed by atoms with van der Waals surface area (Å²) in [7, 11) is 0. The summed E-state index contributed by atoms with van der Waals surface area (Å²) in [5.74, 6) is 2.15. The maximum atomic E-state index is 2.44. The summed E-state index contributed by atoms with van der Waals surface area (Å²) < 4.78 is 0. The highest BCUT2D eigenvalue weighted by molar-refractivity contribution is 5.24. The zero-order valence-electron chi connectivity index (χ0n) is 13.0. The molecule has 0 saturated heterocycles. The Hall–Kier alpha value is -0.520. The van der Waals surface area contributed by atoms with Crippen molar-refractivity contribution in [1.29, 1.82) is 0 Å². The zero-order valence-corrected chi connectivity index (χ0v) is 13.0. The molecular formula is C17H30. The molecule has 0 N–H and O–H groups in total. The van der Waals surface area contributed by atoms with Crippen LogP contribution in [0.5, 0.6) is 0 Å². The van der Waals surface area contributed by atoms with Gasteiger partial charge in [0, 0.05) is 0 Å². The topological polar surface area (TPSA) is 0 Å². The molecule has 17 heavy (non-hydrogen) atoms. The molecule has 0 amide bonds. The zero-order chi connectivity index (χ0) is 13.4. The van der Waals surface area contributed by atoms with Crippen LogP contribution in [0.3, 0.4) is 0 Å². The fourth-order valence-corrected chi connectivity index (χ4v) is 3.10. The lowest BCUT2D eigenvalue weighted by Crippen LogP contribution is -2.27. The van der Waals surface area contributed by atoms with Gasteiger partial charge in [-0.25, -0.2) is 0 Å². The minimum absolute atomic E-state index is 0.373. The van der Waals surface area contributed by atoms with Crippen LogP contribution in [0.2, 0.25) is 0 Å². The Morgan fingerprint density at radius 1 is 1.18 bits per heavy atom. The van der Waals surface area contributed by atoms with E-state index in [1.807, 2.05) is 0 Å². The summed E-state index contributed by atoms with van der Waals surface area (Å²) in [6.45, 7) is 18.8. The predicted octanol–water partition coefficient (Wildman–Crippen LogP) is 5.61. The van der Waals surface area contributed by atoms with Gasteiger partial charge in [0.05, 0.1) is 0 Å². The highest BCUT2D eigenvalue weighted by atomic mass is 14.4. The minimum atomic E-state index is 0.373. The quantitative estimate of drug-likeness (QED) is 0.557. The second-order valence-corrected chi connectivity index (χ2v) is 6.76. The summed E-state index contributed by atoms with van der Waals surface area (Å²) in [5, 5.41) is 0. The van der Waals surface area contributed by atoms with Gasteiger partial charge in [-0.2, -0.15) is 0 Å². The molecular weight excluding hydrogens is 204 g/mol. The van der Waals surface area contributed by atoms with Crippen LogP contribution < -0.4 is 0 Å². The third-order valence-electron chi connectivity index (χ3n) is 5.40. The van der Waals surface area contributed by atoms with E-state index >= 15 is 0 Å². The molecule has 0 spiro atoms. The van der Waals surface area contributed by atoms with Crippen molar-refractivity contribution in [2.45, 2.75) is 61.8 Å². The van der Waals surface area contributed by atoms with Gasteiger partial charge in [-0.05, 0) is 50.4 Å². The normalized spacial score (nSPS) is 26.9. The SMILES string of the molecule is CC1=CCC(C(C)/C(C)=C(\C)C(C)C)C1(C)C. The first kappa shape index (κ1) is 14.5. The predicted molar refractivity (Wildman–Crippen MR) is 78.0 cm³/mol. The largest absolute Gasteiger partial charge is 0.0847 e. The highest BCUT2D eigenvalue weighted by Gasteiger charge is 2.38. The fraction of sp³-hybridized carbons (Fsp3) is 0.765. The van der Waals surface area contributed by atoms with Gasteiger partial charge in [0.1, 0.15) is 0 Å². The maximum Gasteiger partial charge on any atom is -0.0111 e. The first-order valence-electron chi connectivity index (χ1n) is 7.04. The van der Waals surface area contributed by atoms with Crippen molar-refractivity contribution in [3.05, 3.63) is 22.8 Å². The van der Waals surface area contributed by atoms with Crippen LogP contribution in [-0.4, -0.2) is 0 Å². The Balaban J connectivity index is 2.94. The number of hydrogen-bond acceptors (Lipinski definition) is 0. The van der Waals surface area contributed by atoms with Crippen LogP contribution >= 0.6 is 0 Å². The molecule has 2 atom stereocenters. The van der Waals surface area contributed by atoms with Gasteiger partial charge in [0.25, 0.3) is 0 Å². The lowest BCUT2D eigenvalue weighted by atomic mass is 9.69. The molecule has 0 bridgehead atoms. The molecule has 0 aromatic heterocycles. The lowest BCUT2D eigenvalue weighted by Gasteiger charge is -2.35. The van der Waals surface area contributed by atoms with Crippen molar-refractivity contribution in [3.8, 4) is 0 Å². The van der Waals surface area contributed by atoms with Crippen LogP contribution in [0.25, 0.3) is 0 Å². The van der Waals surface area contributed by atoms with E-state index in [9.17, 15) is 0 Å². The van der Waals surface area contributed by atoms with Gasteiger partial charge in [-0.15, -0.1) is 0 Å². The highest BCUT2D eigenvalue weighted by Crippen LogP contribution is 2.48. The van der Waals surface area contributed by atoms with Gasteiger partial charge in [-0.3, -0.25) is 0 Å². The summed E-state index contributed by atoms with van der Waals surface area (Å²) in [4.78, 5) is 0. The Morgan fingerprint density at radius 2 is 1.71 bits per heavy atom. The van der Waals surface area contributed by atoms with Crippen molar-refractivity contribution in [1.82, 2.24) is 0 Å². The smallest absolute Gasteiger partial charge is 0.0111 e. The van der Waals surface area contributed by atoms with Crippen molar-refractivity contribution in [3.63, 3.8) is 0 Å². The van der Waals surface area contributed by atoms with Crippen molar-refractivity contribution < 1.29 is 0 Å². The van der Waals surface area contributed by atoms with Gasteiger partial charge in [-0.1, -0.05) is 57.4 Å². The molecule has 0 heterocycles. The Kier molecular flexibility index (Phi) is 4.28. The summed E-state index contributed by atoms with van der Waals surface area (Å²) >= 11 is 0. The first-order chi connectivity index (χ1) is 7.69. The van der Waals surface area contributed by atoms with Crippen molar-refractivity contribution >= 4 is 0 Å². The molecule has 0 saturated carbocycles. The number of rotatable bonds is 3. The minimum Gasteiger partial charge on any atom is -0.0847 e. The van der Waals surface area contributed by atoms with Crippen molar-refractivity contribution in [2.24, 2.45) is 23.2 Å². The van der Waals surface area contributed by atoms with Gasteiger partial charge in [0.2, 0.25) is 0 Å². The maximum absolute atomic E-state index is 2.44. The molecule has 0 fully saturated rings. The standard InChI is InChI=1S/C17H30/c1-11(2)13(4)14(5)15(6)16-10-9-12(3)17(16,7)8/h9,11,15-16H,10H2,1-8H3/b14-13+. The monoisotopic (exact) mass is 234 g/mol. The molecule has 1 aliphatic rings. The average Bonchev–Trinajstić information content (AvgIpc) is 2.51. The molecule has 0 nitrogen and oxygen atoms in total. The van der Waals surface area contributed by atoms with Crippen LogP contribution in [0.15, 0.2) is 22.8 Å². The Bertz CT molecular complexity index is 339. The van der Waals surface area contributed by atoms with Crippen LogP contribution in [0.4, 0.5) is 0 Å².